The van der Waals surface area contributed by atoms with Gasteiger partial charge in [-0.3, -0.25) is 4.79 Å². The van der Waals surface area contributed by atoms with E-state index < -0.39 is 12.0 Å². The highest BCUT2D eigenvalue weighted by atomic mass is 16.5. The lowest BCUT2D eigenvalue weighted by atomic mass is 9.92. The average molecular weight is 219 g/mol. The summed E-state index contributed by atoms with van der Waals surface area (Å²) in [6, 6.07) is 8.88. The van der Waals surface area contributed by atoms with Crippen molar-refractivity contribution in [1.29, 1.82) is 0 Å². The number of benzene rings is 1. The molecule has 0 aliphatic rings. The Labute approximate surface area is 95.9 Å². The predicted octanol–water partition coefficient (Wildman–Crippen LogP) is 1.85. The van der Waals surface area contributed by atoms with E-state index in [4.69, 9.17) is 10.5 Å². The van der Waals surface area contributed by atoms with Crippen LogP contribution in [-0.4, -0.2) is 18.6 Å². The maximum Gasteiger partial charge on any atom is 0.323 e. The van der Waals surface area contributed by atoms with Crippen molar-refractivity contribution in [3.63, 3.8) is 0 Å². The Kier molecular flexibility index (Phi) is 4.73. The number of ether oxygens (including phenoxy) is 1. The van der Waals surface area contributed by atoms with Gasteiger partial charge in [0.25, 0.3) is 0 Å². The minimum atomic E-state index is -0.695. The number of nitrogens with two attached hydrogens (primary N) is 1. The molecule has 0 aliphatic carbocycles. The Balaban J connectivity index is 2.83. The summed E-state index contributed by atoms with van der Waals surface area (Å²) in [5.74, 6) is -0.600. The summed E-state index contributed by atoms with van der Waals surface area (Å²) in [6.07, 6.45) is 1.68. The van der Waals surface area contributed by atoms with Crippen molar-refractivity contribution >= 4 is 5.97 Å². The molecular weight excluding hydrogens is 202 g/mol. The molecule has 0 radical (unpaired) electrons. The van der Waals surface area contributed by atoms with Crippen LogP contribution < -0.4 is 5.73 Å². The lowest BCUT2D eigenvalue weighted by Crippen LogP contribution is -2.37. The lowest BCUT2D eigenvalue weighted by Gasteiger charge is -2.19. The second kappa shape index (κ2) is 6.08. The van der Waals surface area contributed by atoms with E-state index in [0.29, 0.717) is 6.61 Å². The van der Waals surface area contributed by atoms with Crippen LogP contribution in [-0.2, 0) is 9.53 Å². The molecule has 3 nitrogen and oxygen atoms in total. The third-order valence-corrected chi connectivity index (χ3v) is 2.38. The van der Waals surface area contributed by atoms with E-state index in [0.717, 1.165) is 5.56 Å². The molecule has 0 amide bonds. The smallest absolute Gasteiger partial charge is 0.323 e. The van der Waals surface area contributed by atoms with Gasteiger partial charge in [-0.25, -0.2) is 0 Å². The van der Waals surface area contributed by atoms with Gasteiger partial charge in [0.05, 0.1) is 6.61 Å². The van der Waals surface area contributed by atoms with Gasteiger partial charge in [-0.1, -0.05) is 36.4 Å². The molecule has 0 aromatic heterocycles. The van der Waals surface area contributed by atoms with Crippen LogP contribution in [0.4, 0.5) is 0 Å². The summed E-state index contributed by atoms with van der Waals surface area (Å²) in [7, 11) is 0. The zero-order valence-corrected chi connectivity index (χ0v) is 9.43. The summed E-state index contributed by atoms with van der Waals surface area (Å²) in [5, 5.41) is 0. The average Bonchev–Trinajstić information content (AvgIpc) is 2.31. The van der Waals surface area contributed by atoms with Crippen molar-refractivity contribution in [3.05, 3.63) is 48.6 Å². The van der Waals surface area contributed by atoms with Gasteiger partial charge in [0.1, 0.15) is 6.04 Å². The van der Waals surface area contributed by atoms with E-state index >= 15 is 0 Å². The number of hydrogen-bond donors (Lipinski definition) is 1. The first-order chi connectivity index (χ1) is 7.70. The fourth-order valence-corrected chi connectivity index (χ4v) is 1.55. The van der Waals surface area contributed by atoms with Crippen molar-refractivity contribution in [3.8, 4) is 0 Å². The lowest BCUT2D eigenvalue weighted by molar-refractivity contribution is -0.144. The SMILES string of the molecule is C=C[C@@H](c1ccccc1)[C@H](N)C(=O)OCC. The first-order valence-electron chi connectivity index (χ1n) is 5.30. The predicted molar refractivity (Wildman–Crippen MR) is 64.0 cm³/mol. The Morgan fingerprint density at radius 2 is 2.12 bits per heavy atom. The molecule has 0 fully saturated rings. The zero-order chi connectivity index (χ0) is 12.0. The van der Waals surface area contributed by atoms with Crippen LogP contribution in [0.25, 0.3) is 0 Å². The quantitative estimate of drug-likeness (QED) is 0.607. The highest BCUT2D eigenvalue weighted by Gasteiger charge is 2.24. The molecule has 2 N–H and O–H groups in total. The van der Waals surface area contributed by atoms with Gasteiger partial charge in [0.2, 0.25) is 0 Å². The normalized spacial score (nSPS) is 13.9. The molecule has 3 heteroatoms. The molecule has 1 aromatic rings. The standard InChI is InChI=1S/C13H17NO2/c1-3-11(10-8-6-5-7-9-10)12(14)13(15)16-4-2/h3,5-9,11-12H,1,4,14H2,2H3/t11-,12-/m0/s1. The summed E-state index contributed by atoms with van der Waals surface area (Å²) in [4.78, 5) is 11.5. The van der Waals surface area contributed by atoms with Crippen LogP contribution in [0.2, 0.25) is 0 Å². The molecule has 0 aliphatic heterocycles. The van der Waals surface area contributed by atoms with Crippen molar-refractivity contribution in [2.75, 3.05) is 6.61 Å². The molecule has 86 valence electrons. The highest BCUT2D eigenvalue weighted by molar-refractivity contribution is 5.77. The molecule has 2 atom stereocenters. The van der Waals surface area contributed by atoms with E-state index in [-0.39, 0.29) is 5.92 Å². The first-order valence-corrected chi connectivity index (χ1v) is 5.30. The van der Waals surface area contributed by atoms with E-state index in [9.17, 15) is 4.79 Å². The molecule has 1 aromatic carbocycles. The van der Waals surface area contributed by atoms with Crippen LogP contribution >= 0.6 is 0 Å². The molecule has 0 heterocycles. The topological polar surface area (TPSA) is 52.3 Å². The summed E-state index contributed by atoms with van der Waals surface area (Å²) < 4.78 is 4.90. The second-order valence-electron chi connectivity index (χ2n) is 3.45. The Bertz CT molecular complexity index is 348. The maximum absolute atomic E-state index is 11.5. The van der Waals surface area contributed by atoms with Crippen LogP contribution in [0.1, 0.15) is 18.4 Å². The van der Waals surface area contributed by atoms with Gasteiger partial charge < -0.3 is 10.5 Å². The largest absolute Gasteiger partial charge is 0.465 e. The minimum Gasteiger partial charge on any atom is -0.465 e. The second-order valence-corrected chi connectivity index (χ2v) is 3.45. The van der Waals surface area contributed by atoms with Crippen molar-refractivity contribution in [2.45, 2.75) is 18.9 Å². The highest BCUT2D eigenvalue weighted by Crippen LogP contribution is 2.20. The van der Waals surface area contributed by atoms with E-state index in [2.05, 4.69) is 6.58 Å². The van der Waals surface area contributed by atoms with Crippen molar-refractivity contribution < 1.29 is 9.53 Å². The third kappa shape index (κ3) is 2.94. The third-order valence-electron chi connectivity index (χ3n) is 2.38. The number of hydrogen-bond acceptors (Lipinski definition) is 3. The monoisotopic (exact) mass is 219 g/mol. The number of esters is 1. The molecule has 0 spiro atoms. The van der Waals surface area contributed by atoms with Crippen molar-refractivity contribution in [1.82, 2.24) is 0 Å². The number of rotatable bonds is 5. The van der Waals surface area contributed by atoms with E-state index in [1.54, 1.807) is 13.0 Å². The Morgan fingerprint density at radius 3 is 2.62 bits per heavy atom. The molecule has 0 bridgehead atoms. The summed E-state index contributed by atoms with van der Waals surface area (Å²) >= 11 is 0. The zero-order valence-electron chi connectivity index (χ0n) is 9.43. The maximum atomic E-state index is 11.5. The van der Waals surface area contributed by atoms with Gasteiger partial charge in [0.15, 0.2) is 0 Å². The molecule has 16 heavy (non-hydrogen) atoms. The fourth-order valence-electron chi connectivity index (χ4n) is 1.55. The molecule has 1 rings (SSSR count). The Hall–Kier alpha value is -1.61. The van der Waals surface area contributed by atoms with Gasteiger partial charge in [-0.05, 0) is 12.5 Å². The van der Waals surface area contributed by atoms with Crippen LogP contribution in [0.15, 0.2) is 43.0 Å². The fraction of sp³-hybridized carbons (Fsp3) is 0.308. The Morgan fingerprint density at radius 1 is 1.50 bits per heavy atom. The van der Waals surface area contributed by atoms with Gasteiger partial charge >= 0.3 is 5.97 Å². The molecule has 0 saturated carbocycles. The number of carbonyl (C=O) groups is 1. The summed E-state index contributed by atoms with van der Waals surface area (Å²) in [5.41, 5.74) is 6.81. The van der Waals surface area contributed by atoms with E-state index in [1.165, 1.54) is 0 Å². The minimum absolute atomic E-state index is 0.208. The first kappa shape index (κ1) is 12.5. The molecule has 0 saturated heterocycles. The van der Waals surface area contributed by atoms with Gasteiger partial charge in [-0.2, -0.15) is 0 Å². The van der Waals surface area contributed by atoms with Crippen molar-refractivity contribution in [2.24, 2.45) is 5.73 Å². The van der Waals surface area contributed by atoms with Crippen LogP contribution in [0, 0.1) is 0 Å². The summed E-state index contributed by atoms with van der Waals surface area (Å²) in [6.45, 7) is 5.81. The molecule has 0 unspecified atom stereocenters. The van der Waals surface area contributed by atoms with E-state index in [1.807, 2.05) is 30.3 Å². The van der Waals surface area contributed by atoms with Crippen LogP contribution in [0.3, 0.4) is 0 Å². The number of carbonyl (C=O) groups excluding carboxylic acids is 1. The van der Waals surface area contributed by atoms with Gasteiger partial charge in [-0.15, -0.1) is 6.58 Å². The van der Waals surface area contributed by atoms with Gasteiger partial charge in [0, 0.05) is 5.92 Å². The van der Waals surface area contributed by atoms with Crippen LogP contribution in [0.5, 0.6) is 0 Å². The molecular formula is C13H17NO2.